The summed E-state index contributed by atoms with van der Waals surface area (Å²) in [4.78, 5) is 5.19. The van der Waals surface area contributed by atoms with E-state index in [0.717, 1.165) is 28.1 Å². The maximum atomic E-state index is 5.19. The first-order valence-electron chi connectivity index (χ1n) is 14.7. The Morgan fingerprint density at radius 2 is 0.977 bits per heavy atom. The van der Waals surface area contributed by atoms with Crippen LogP contribution in [-0.2, 0) is 0 Å². The predicted octanol–water partition coefficient (Wildman–Crippen LogP) is 11.0. The number of hydrogen-bond donors (Lipinski definition) is 0. The summed E-state index contributed by atoms with van der Waals surface area (Å²) >= 11 is 0. The maximum Gasteiger partial charge on any atom is 0.146 e. The summed E-state index contributed by atoms with van der Waals surface area (Å²) in [7, 11) is 0. The molecule has 2 heteroatoms. The van der Waals surface area contributed by atoms with E-state index in [1.807, 2.05) is 0 Å². The highest BCUT2D eigenvalue weighted by Gasteiger charge is 2.19. The first kappa shape index (κ1) is 23.9. The molecule has 0 radical (unpaired) electrons. The lowest BCUT2D eigenvalue weighted by atomic mass is 9.88. The van der Waals surface area contributed by atoms with Crippen molar-refractivity contribution in [2.75, 3.05) is 0 Å². The highest BCUT2D eigenvalue weighted by atomic mass is 15.1. The molecule has 9 aromatic rings. The monoisotopic (exact) mass is 546 g/mol. The number of para-hydroxylation sites is 3. The zero-order valence-electron chi connectivity index (χ0n) is 23.4. The smallest absolute Gasteiger partial charge is 0.146 e. The van der Waals surface area contributed by atoms with Gasteiger partial charge in [-0.1, -0.05) is 121 Å². The molecule has 0 saturated carbocycles. The highest BCUT2D eigenvalue weighted by molar-refractivity contribution is 6.24. The van der Waals surface area contributed by atoms with Gasteiger partial charge in [0, 0.05) is 11.3 Å². The van der Waals surface area contributed by atoms with E-state index in [1.54, 1.807) is 0 Å². The Labute approximate surface area is 249 Å². The van der Waals surface area contributed by atoms with Gasteiger partial charge in [-0.25, -0.2) is 4.98 Å². The van der Waals surface area contributed by atoms with Crippen LogP contribution in [0.1, 0.15) is 0 Å². The van der Waals surface area contributed by atoms with Gasteiger partial charge in [-0.05, 0) is 90.6 Å². The zero-order chi connectivity index (χ0) is 28.3. The van der Waals surface area contributed by atoms with Crippen LogP contribution < -0.4 is 0 Å². The molecule has 0 aliphatic rings. The molecule has 8 aromatic carbocycles. The number of fused-ring (bicyclic) bond motifs is 7. The average Bonchev–Trinajstić information content (AvgIpc) is 3.47. The Morgan fingerprint density at radius 3 is 1.79 bits per heavy atom. The first-order chi connectivity index (χ1) is 21.3. The second kappa shape index (κ2) is 9.40. The molecule has 9 rings (SSSR count). The van der Waals surface area contributed by atoms with E-state index in [2.05, 4.69) is 162 Å². The quantitative estimate of drug-likeness (QED) is 0.202. The molecule has 0 bridgehead atoms. The third kappa shape index (κ3) is 3.63. The van der Waals surface area contributed by atoms with Gasteiger partial charge in [0.05, 0.1) is 11.0 Å². The van der Waals surface area contributed by atoms with Gasteiger partial charge >= 0.3 is 0 Å². The molecule has 0 spiro atoms. The van der Waals surface area contributed by atoms with E-state index >= 15 is 0 Å². The van der Waals surface area contributed by atoms with Crippen molar-refractivity contribution in [3.63, 3.8) is 0 Å². The van der Waals surface area contributed by atoms with Crippen LogP contribution >= 0.6 is 0 Å². The lowest BCUT2D eigenvalue weighted by Gasteiger charge is -2.17. The van der Waals surface area contributed by atoms with E-state index in [1.165, 1.54) is 54.2 Å². The Bertz CT molecular complexity index is 2500. The molecule has 1 heterocycles. The van der Waals surface area contributed by atoms with E-state index < -0.39 is 0 Å². The fraction of sp³-hybridized carbons (Fsp3) is 0. The second-order valence-electron chi connectivity index (χ2n) is 11.2. The Balaban J connectivity index is 1.35. The fourth-order valence-electron chi connectivity index (χ4n) is 6.88. The lowest BCUT2D eigenvalue weighted by Crippen LogP contribution is -1.98. The molecule has 1 aromatic heterocycles. The van der Waals surface area contributed by atoms with Crippen LogP contribution in [0.2, 0.25) is 0 Å². The van der Waals surface area contributed by atoms with Crippen LogP contribution in [0.25, 0.3) is 82.3 Å². The van der Waals surface area contributed by atoms with Crippen LogP contribution in [-0.4, -0.2) is 9.55 Å². The van der Waals surface area contributed by atoms with E-state index in [9.17, 15) is 0 Å². The van der Waals surface area contributed by atoms with Crippen LogP contribution in [0.15, 0.2) is 158 Å². The number of aromatic nitrogens is 2. The van der Waals surface area contributed by atoms with Gasteiger partial charge in [0.15, 0.2) is 0 Å². The number of hydrogen-bond acceptors (Lipinski definition) is 1. The summed E-state index contributed by atoms with van der Waals surface area (Å²) < 4.78 is 2.29. The van der Waals surface area contributed by atoms with Crippen molar-refractivity contribution in [3.8, 4) is 28.2 Å². The van der Waals surface area contributed by atoms with Gasteiger partial charge < -0.3 is 0 Å². The molecule has 0 saturated heterocycles. The largest absolute Gasteiger partial charge is 0.292 e. The van der Waals surface area contributed by atoms with Crippen LogP contribution in [0.5, 0.6) is 0 Å². The molecule has 43 heavy (non-hydrogen) atoms. The minimum absolute atomic E-state index is 0.949. The molecule has 0 atom stereocenters. The SMILES string of the molecule is c1ccc(-n2c(-c3ccc(-c4cc5ccc6ccccc6c5c5ccccc45)c4ccccc34)nc3ccccc32)cc1. The van der Waals surface area contributed by atoms with Crippen LogP contribution in [0.3, 0.4) is 0 Å². The van der Waals surface area contributed by atoms with Crippen LogP contribution in [0, 0.1) is 0 Å². The summed E-state index contributed by atoms with van der Waals surface area (Å²) in [6, 6.07) is 56.7. The van der Waals surface area contributed by atoms with Crippen molar-refractivity contribution in [2.45, 2.75) is 0 Å². The van der Waals surface area contributed by atoms with Crippen LogP contribution in [0.4, 0.5) is 0 Å². The fourth-order valence-corrected chi connectivity index (χ4v) is 6.88. The molecule has 0 amide bonds. The molecule has 2 nitrogen and oxygen atoms in total. The van der Waals surface area contributed by atoms with Crippen molar-refractivity contribution in [3.05, 3.63) is 158 Å². The van der Waals surface area contributed by atoms with Gasteiger partial charge in [0.2, 0.25) is 0 Å². The topological polar surface area (TPSA) is 17.8 Å². The van der Waals surface area contributed by atoms with Crippen molar-refractivity contribution in [1.29, 1.82) is 0 Å². The second-order valence-corrected chi connectivity index (χ2v) is 11.2. The molecule has 0 N–H and O–H groups in total. The standard InChI is InChI=1S/C41H26N2/c1-2-13-29(14-3-1)43-39-21-11-10-20-38(39)42-41(43)36-25-24-34(31-16-6-7-17-32(31)36)37-26-28-23-22-27-12-4-5-15-30(27)40(28)35-19-9-8-18-33(35)37/h1-26H. The predicted molar refractivity (Wildman–Crippen MR) is 182 cm³/mol. The van der Waals surface area contributed by atoms with Gasteiger partial charge in [-0.15, -0.1) is 0 Å². The van der Waals surface area contributed by atoms with Gasteiger partial charge in [-0.3, -0.25) is 4.57 Å². The van der Waals surface area contributed by atoms with Crippen molar-refractivity contribution in [1.82, 2.24) is 9.55 Å². The number of benzene rings is 8. The summed E-state index contributed by atoms with van der Waals surface area (Å²) in [6.07, 6.45) is 0. The molecule has 0 aliphatic carbocycles. The Morgan fingerprint density at radius 1 is 0.395 bits per heavy atom. The third-order valence-electron chi connectivity index (χ3n) is 8.78. The van der Waals surface area contributed by atoms with E-state index in [4.69, 9.17) is 4.98 Å². The molecular weight excluding hydrogens is 520 g/mol. The van der Waals surface area contributed by atoms with Gasteiger partial charge in [0.25, 0.3) is 0 Å². The van der Waals surface area contributed by atoms with E-state index in [0.29, 0.717) is 0 Å². The van der Waals surface area contributed by atoms with Crippen molar-refractivity contribution in [2.24, 2.45) is 0 Å². The summed E-state index contributed by atoms with van der Waals surface area (Å²) in [6.45, 7) is 0. The van der Waals surface area contributed by atoms with E-state index in [-0.39, 0.29) is 0 Å². The van der Waals surface area contributed by atoms with Crippen molar-refractivity contribution >= 4 is 54.1 Å². The van der Waals surface area contributed by atoms with Gasteiger partial charge in [-0.2, -0.15) is 0 Å². The number of imidazole rings is 1. The number of rotatable bonds is 3. The zero-order valence-corrected chi connectivity index (χ0v) is 23.4. The molecule has 0 unspecified atom stereocenters. The third-order valence-corrected chi connectivity index (χ3v) is 8.78. The summed E-state index contributed by atoms with van der Waals surface area (Å²) in [5, 5.41) is 10.1. The lowest BCUT2D eigenvalue weighted by molar-refractivity contribution is 1.11. The summed E-state index contributed by atoms with van der Waals surface area (Å²) in [5.74, 6) is 0.949. The maximum absolute atomic E-state index is 5.19. The van der Waals surface area contributed by atoms with Gasteiger partial charge in [0.1, 0.15) is 5.82 Å². The minimum Gasteiger partial charge on any atom is -0.292 e. The number of nitrogens with zero attached hydrogens (tertiary/aromatic N) is 2. The average molecular weight is 547 g/mol. The Kier molecular flexibility index (Phi) is 5.23. The molecule has 200 valence electrons. The first-order valence-corrected chi connectivity index (χ1v) is 14.7. The Hall–Kier alpha value is -5.73. The highest BCUT2D eigenvalue weighted by Crippen LogP contribution is 2.42. The van der Waals surface area contributed by atoms with Crippen molar-refractivity contribution < 1.29 is 0 Å². The molecule has 0 aliphatic heterocycles. The molecular formula is C41H26N2. The minimum atomic E-state index is 0.949. The molecule has 0 fully saturated rings. The summed E-state index contributed by atoms with van der Waals surface area (Å²) in [5.41, 5.74) is 6.79. The normalized spacial score (nSPS) is 11.7.